The number of benzene rings is 1. The molecule has 0 saturated carbocycles. The third-order valence-corrected chi connectivity index (χ3v) is 10.4. The maximum atomic E-state index is 2.45. The van der Waals surface area contributed by atoms with Gasteiger partial charge in [0.05, 0.1) is 16.1 Å². The summed E-state index contributed by atoms with van der Waals surface area (Å²) in [5, 5.41) is 0. The molecule has 0 saturated heterocycles. The van der Waals surface area contributed by atoms with Crippen LogP contribution in [0.25, 0.3) is 0 Å². The van der Waals surface area contributed by atoms with Crippen molar-refractivity contribution in [1.82, 2.24) is 0 Å². The molecule has 0 aliphatic carbocycles. The summed E-state index contributed by atoms with van der Waals surface area (Å²) in [6.45, 7) is 19.5. The van der Waals surface area contributed by atoms with E-state index in [4.69, 9.17) is 0 Å². The van der Waals surface area contributed by atoms with Crippen molar-refractivity contribution in [2.75, 3.05) is 0 Å². The molecule has 0 heterocycles. The van der Waals surface area contributed by atoms with Crippen LogP contribution >= 0.6 is 0 Å². The van der Waals surface area contributed by atoms with Crippen LogP contribution in [-0.2, 0) is 0 Å². The van der Waals surface area contributed by atoms with Crippen molar-refractivity contribution in [1.29, 1.82) is 0 Å². The van der Waals surface area contributed by atoms with Gasteiger partial charge < -0.3 is 0 Å². The molecule has 2 unspecified atom stereocenters. The molecule has 0 amide bonds. The normalized spacial score (nSPS) is 16.4. The third kappa shape index (κ3) is 3.82. The standard InChI is InChI=1S/C16H30Si2/c1-13(17(3,4)5)15-9-11-16(12-10-15)14(2)18(6,7)8/h9-14H,1-8H3. The van der Waals surface area contributed by atoms with Gasteiger partial charge in [-0.15, -0.1) is 0 Å². The summed E-state index contributed by atoms with van der Waals surface area (Å²) in [5.74, 6) is 0. The Bertz CT molecular complexity index is 340. The molecule has 0 aromatic heterocycles. The topological polar surface area (TPSA) is 0 Å². The number of hydrogen-bond donors (Lipinski definition) is 0. The second-order valence-electron chi connectivity index (χ2n) is 7.84. The first-order valence-corrected chi connectivity index (χ1v) is 14.3. The van der Waals surface area contributed by atoms with Gasteiger partial charge in [-0.1, -0.05) is 77.4 Å². The largest absolute Gasteiger partial charge is 0.0691 e. The molecule has 0 radical (unpaired) electrons. The molecule has 18 heavy (non-hydrogen) atoms. The Morgan fingerprint density at radius 1 is 0.611 bits per heavy atom. The molecule has 0 fully saturated rings. The Kier molecular flexibility index (Phi) is 4.66. The fraction of sp³-hybridized carbons (Fsp3) is 0.625. The van der Waals surface area contributed by atoms with Gasteiger partial charge >= 0.3 is 0 Å². The Balaban J connectivity index is 2.94. The van der Waals surface area contributed by atoms with Gasteiger partial charge in [0.2, 0.25) is 0 Å². The second kappa shape index (κ2) is 5.34. The minimum Gasteiger partial charge on any atom is -0.0691 e. The molecule has 0 bridgehead atoms. The first-order chi connectivity index (χ1) is 8.03. The van der Waals surface area contributed by atoms with E-state index in [9.17, 15) is 0 Å². The van der Waals surface area contributed by atoms with Crippen LogP contribution in [0.4, 0.5) is 0 Å². The SMILES string of the molecule is CC(c1ccc(C(C)[Si](C)(C)C)cc1)[Si](C)(C)C. The van der Waals surface area contributed by atoms with Crippen molar-refractivity contribution in [3.8, 4) is 0 Å². The quantitative estimate of drug-likeness (QED) is 0.624. The van der Waals surface area contributed by atoms with Gasteiger partial charge in [-0.3, -0.25) is 0 Å². The van der Waals surface area contributed by atoms with Crippen molar-refractivity contribution in [3.63, 3.8) is 0 Å². The van der Waals surface area contributed by atoms with Crippen molar-refractivity contribution < 1.29 is 0 Å². The van der Waals surface area contributed by atoms with Crippen LogP contribution in [-0.4, -0.2) is 16.1 Å². The molecule has 2 atom stereocenters. The lowest BCUT2D eigenvalue weighted by Gasteiger charge is -2.28. The van der Waals surface area contributed by atoms with Gasteiger partial charge in [-0.25, -0.2) is 0 Å². The van der Waals surface area contributed by atoms with Crippen molar-refractivity contribution in [2.24, 2.45) is 0 Å². The molecule has 102 valence electrons. The maximum Gasteiger partial charge on any atom is 0.0517 e. The Hall–Kier alpha value is -0.346. The van der Waals surface area contributed by atoms with Crippen LogP contribution in [0.5, 0.6) is 0 Å². The Morgan fingerprint density at radius 2 is 0.833 bits per heavy atom. The lowest BCUT2D eigenvalue weighted by molar-refractivity contribution is 0.988. The van der Waals surface area contributed by atoms with Gasteiger partial charge in [-0.05, 0) is 22.2 Å². The summed E-state index contributed by atoms with van der Waals surface area (Å²) in [7, 11) is -2.15. The van der Waals surface area contributed by atoms with Crippen LogP contribution in [0.1, 0.15) is 36.1 Å². The smallest absolute Gasteiger partial charge is 0.0517 e. The van der Waals surface area contributed by atoms with Gasteiger partial charge in [0.1, 0.15) is 0 Å². The van der Waals surface area contributed by atoms with Gasteiger partial charge in [0.25, 0.3) is 0 Å². The van der Waals surface area contributed by atoms with Crippen LogP contribution in [0.15, 0.2) is 24.3 Å². The predicted octanol–water partition coefficient (Wildman–Crippen LogP) is 5.65. The zero-order valence-corrected chi connectivity index (χ0v) is 15.5. The van der Waals surface area contributed by atoms with Gasteiger partial charge in [0.15, 0.2) is 0 Å². The molecule has 0 spiro atoms. The van der Waals surface area contributed by atoms with Gasteiger partial charge in [-0.2, -0.15) is 0 Å². The highest BCUT2D eigenvalue weighted by atomic mass is 28.3. The minimum absolute atomic E-state index is 0.744. The van der Waals surface area contributed by atoms with E-state index in [1.54, 1.807) is 0 Å². The molecule has 1 aromatic carbocycles. The number of hydrogen-bond acceptors (Lipinski definition) is 0. The summed E-state index contributed by atoms with van der Waals surface area (Å²) in [6.07, 6.45) is 0. The molecular formula is C16H30Si2. The van der Waals surface area contributed by atoms with E-state index in [0.717, 1.165) is 11.1 Å². The predicted molar refractivity (Wildman–Crippen MR) is 90.0 cm³/mol. The van der Waals surface area contributed by atoms with Crippen molar-refractivity contribution in [2.45, 2.75) is 64.2 Å². The average Bonchev–Trinajstić information content (AvgIpc) is 2.25. The number of rotatable bonds is 4. The Labute approximate surface area is 116 Å². The molecule has 1 rings (SSSR count). The monoisotopic (exact) mass is 278 g/mol. The fourth-order valence-electron chi connectivity index (χ4n) is 2.07. The molecule has 0 nitrogen and oxygen atoms in total. The highest BCUT2D eigenvalue weighted by Crippen LogP contribution is 2.30. The van der Waals surface area contributed by atoms with E-state index in [1.807, 2.05) is 0 Å². The fourth-order valence-corrected chi connectivity index (χ4v) is 4.46. The van der Waals surface area contributed by atoms with Crippen LogP contribution in [0, 0.1) is 0 Å². The lowest BCUT2D eigenvalue weighted by Crippen LogP contribution is -2.29. The summed E-state index contributed by atoms with van der Waals surface area (Å²) in [5.41, 5.74) is 4.55. The minimum atomic E-state index is -1.07. The zero-order chi connectivity index (χ0) is 14.1. The van der Waals surface area contributed by atoms with Crippen LogP contribution in [0.2, 0.25) is 39.3 Å². The van der Waals surface area contributed by atoms with Gasteiger partial charge in [0, 0.05) is 0 Å². The first kappa shape index (κ1) is 15.7. The van der Waals surface area contributed by atoms with E-state index in [1.165, 1.54) is 11.1 Å². The lowest BCUT2D eigenvalue weighted by atomic mass is 10.1. The molecular weight excluding hydrogens is 248 g/mol. The van der Waals surface area contributed by atoms with E-state index in [0.29, 0.717) is 0 Å². The summed E-state index contributed by atoms with van der Waals surface area (Å²) in [4.78, 5) is 0. The second-order valence-corrected chi connectivity index (χ2v) is 19.0. The maximum absolute atomic E-state index is 2.45. The average molecular weight is 279 g/mol. The molecule has 0 N–H and O–H groups in total. The van der Waals surface area contributed by atoms with E-state index in [-0.39, 0.29) is 0 Å². The highest BCUT2D eigenvalue weighted by molar-refractivity contribution is 6.77. The zero-order valence-electron chi connectivity index (χ0n) is 13.5. The highest BCUT2D eigenvalue weighted by Gasteiger charge is 2.26. The van der Waals surface area contributed by atoms with E-state index >= 15 is 0 Å². The van der Waals surface area contributed by atoms with E-state index < -0.39 is 16.1 Å². The summed E-state index contributed by atoms with van der Waals surface area (Å²) < 4.78 is 0. The van der Waals surface area contributed by atoms with E-state index in [2.05, 4.69) is 77.4 Å². The van der Waals surface area contributed by atoms with Crippen LogP contribution < -0.4 is 0 Å². The Morgan fingerprint density at radius 3 is 1.00 bits per heavy atom. The molecule has 0 aliphatic rings. The van der Waals surface area contributed by atoms with Crippen molar-refractivity contribution >= 4 is 16.1 Å². The third-order valence-electron chi connectivity index (χ3n) is 4.53. The van der Waals surface area contributed by atoms with Crippen molar-refractivity contribution in [3.05, 3.63) is 35.4 Å². The first-order valence-electron chi connectivity index (χ1n) is 7.13. The molecule has 1 aromatic rings. The molecule has 2 heteroatoms. The summed E-state index contributed by atoms with van der Waals surface area (Å²) >= 11 is 0. The molecule has 0 aliphatic heterocycles. The summed E-state index contributed by atoms with van der Waals surface area (Å²) in [6, 6.07) is 9.48. The van der Waals surface area contributed by atoms with Crippen LogP contribution in [0.3, 0.4) is 0 Å².